The maximum atomic E-state index is 6.21. The normalized spacial score (nSPS) is 22.6. The van der Waals surface area contributed by atoms with Crippen molar-refractivity contribution in [2.24, 2.45) is 5.73 Å². The molecular weight excluding hydrogens is 270 g/mol. The number of aryl methyl sites for hydroxylation is 1. The summed E-state index contributed by atoms with van der Waals surface area (Å²) in [5.74, 6) is 0. The van der Waals surface area contributed by atoms with Gasteiger partial charge in [0.15, 0.2) is 0 Å². The van der Waals surface area contributed by atoms with Crippen molar-refractivity contribution < 1.29 is 0 Å². The highest BCUT2D eigenvalue weighted by Crippen LogP contribution is 2.30. The molecule has 3 rings (SSSR count). The number of nitrogens with two attached hydrogens (primary N) is 1. The zero-order chi connectivity index (χ0) is 15.4. The van der Waals surface area contributed by atoms with Crippen LogP contribution >= 0.6 is 0 Å². The van der Waals surface area contributed by atoms with E-state index < -0.39 is 0 Å². The Kier molecular flexibility index (Phi) is 5.37. The molecule has 1 saturated heterocycles. The number of piperazine rings is 1. The van der Waals surface area contributed by atoms with Crippen molar-refractivity contribution in [3.05, 3.63) is 29.3 Å². The molecule has 1 aliphatic heterocycles. The van der Waals surface area contributed by atoms with Gasteiger partial charge in [0.05, 0.1) is 0 Å². The summed E-state index contributed by atoms with van der Waals surface area (Å²) in [6.07, 6.45) is 7.39. The van der Waals surface area contributed by atoms with Gasteiger partial charge in [0, 0.05) is 37.9 Å². The first-order valence-corrected chi connectivity index (χ1v) is 9.11. The number of nitrogens with zero attached hydrogens (tertiary/aromatic N) is 2. The Hall–Kier alpha value is -1.06. The third-order valence-corrected chi connectivity index (χ3v) is 5.29. The molecule has 1 heterocycles. The number of anilines is 1. The minimum absolute atomic E-state index is 0.351. The lowest BCUT2D eigenvalue weighted by atomic mass is 9.87. The third-order valence-electron chi connectivity index (χ3n) is 5.29. The van der Waals surface area contributed by atoms with Crippen molar-refractivity contribution in [1.82, 2.24) is 4.90 Å². The molecule has 0 saturated carbocycles. The minimum atomic E-state index is 0.351. The molecule has 1 fully saturated rings. The maximum Gasteiger partial charge on any atom is 0.0403 e. The van der Waals surface area contributed by atoms with Gasteiger partial charge in [0.2, 0.25) is 0 Å². The fourth-order valence-electron chi connectivity index (χ4n) is 3.89. The lowest BCUT2D eigenvalue weighted by Crippen LogP contribution is -2.47. The van der Waals surface area contributed by atoms with Crippen LogP contribution in [0.25, 0.3) is 0 Å². The highest BCUT2D eigenvalue weighted by Gasteiger charge is 2.23. The quantitative estimate of drug-likeness (QED) is 0.849. The van der Waals surface area contributed by atoms with Crippen LogP contribution in [0, 0.1) is 0 Å². The van der Waals surface area contributed by atoms with Gasteiger partial charge in [-0.1, -0.05) is 31.9 Å². The van der Waals surface area contributed by atoms with E-state index in [1.807, 2.05) is 0 Å². The molecule has 0 spiro atoms. The standard InChI is InChI=1S/C19H31N3/c1-2-3-4-10-21-11-13-22(14-12-21)19-7-5-6-16-8-9-17(20)15-18(16)19/h5-7,17H,2-4,8-15,20H2,1H3/t17-/m1/s1. The number of benzene rings is 1. The second-order valence-electron chi connectivity index (χ2n) is 6.95. The van der Waals surface area contributed by atoms with E-state index in [-0.39, 0.29) is 0 Å². The van der Waals surface area contributed by atoms with E-state index in [4.69, 9.17) is 5.73 Å². The molecular formula is C19H31N3. The Morgan fingerprint density at radius 1 is 1.14 bits per heavy atom. The fraction of sp³-hybridized carbons (Fsp3) is 0.684. The summed E-state index contributed by atoms with van der Waals surface area (Å²) >= 11 is 0. The lowest BCUT2D eigenvalue weighted by molar-refractivity contribution is 0.252. The van der Waals surface area contributed by atoms with E-state index in [0.717, 1.165) is 32.4 Å². The molecule has 2 N–H and O–H groups in total. The Morgan fingerprint density at radius 2 is 1.95 bits per heavy atom. The van der Waals surface area contributed by atoms with Gasteiger partial charge in [-0.3, -0.25) is 4.90 Å². The Labute approximate surface area is 135 Å². The van der Waals surface area contributed by atoms with Gasteiger partial charge in [0.25, 0.3) is 0 Å². The minimum Gasteiger partial charge on any atom is -0.369 e. The molecule has 0 bridgehead atoms. The molecule has 0 aromatic heterocycles. The number of hydrogen-bond donors (Lipinski definition) is 1. The van der Waals surface area contributed by atoms with E-state index in [1.165, 1.54) is 55.7 Å². The van der Waals surface area contributed by atoms with Crippen LogP contribution in [0.3, 0.4) is 0 Å². The zero-order valence-corrected chi connectivity index (χ0v) is 14.1. The summed E-state index contributed by atoms with van der Waals surface area (Å²) in [4.78, 5) is 5.22. The highest BCUT2D eigenvalue weighted by molar-refractivity contribution is 5.58. The predicted octanol–water partition coefficient (Wildman–Crippen LogP) is 2.81. The van der Waals surface area contributed by atoms with Gasteiger partial charge in [-0.2, -0.15) is 0 Å². The smallest absolute Gasteiger partial charge is 0.0403 e. The molecule has 1 aromatic carbocycles. The first kappa shape index (κ1) is 15.8. The third kappa shape index (κ3) is 3.64. The predicted molar refractivity (Wildman–Crippen MR) is 94.6 cm³/mol. The summed E-state index contributed by atoms with van der Waals surface area (Å²) in [6, 6.07) is 7.19. The number of hydrogen-bond acceptors (Lipinski definition) is 3. The van der Waals surface area contributed by atoms with Crippen LogP contribution in [-0.2, 0) is 12.8 Å². The summed E-state index contributed by atoms with van der Waals surface area (Å²) in [6.45, 7) is 8.30. The topological polar surface area (TPSA) is 32.5 Å². The lowest BCUT2D eigenvalue weighted by Gasteiger charge is -2.38. The van der Waals surface area contributed by atoms with E-state index in [9.17, 15) is 0 Å². The molecule has 0 unspecified atom stereocenters. The van der Waals surface area contributed by atoms with Crippen LogP contribution in [0.1, 0.15) is 43.7 Å². The molecule has 2 aliphatic rings. The maximum absolute atomic E-state index is 6.21. The Balaban J connectivity index is 1.62. The Morgan fingerprint density at radius 3 is 2.73 bits per heavy atom. The molecule has 3 heteroatoms. The number of unbranched alkanes of at least 4 members (excludes halogenated alkanes) is 2. The van der Waals surface area contributed by atoms with Crippen LogP contribution in [0.5, 0.6) is 0 Å². The van der Waals surface area contributed by atoms with Gasteiger partial charge in [0.1, 0.15) is 0 Å². The molecule has 1 atom stereocenters. The molecule has 1 aromatic rings. The second-order valence-corrected chi connectivity index (χ2v) is 6.95. The monoisotopic (exact) mass is 301 g/mol. The van der Waals surface area contributed by atoms with Crippen molar-refractivity contribution in [1.29, 1.82) is 0 Å². The van der Waals surface area contributed by atoms with Crippen LogP contribution < -0.4 is 10.6 Å². The van der Waals surface area contributed by atoms with E-state index in [1.54, 1.807) is 0 Å². The van der Waals surface area contributed by atoms with Crippen molar-refractivity contribution in [2.75, 3.05) is 37.6 Å². The van der Waals surface area contributed by atoms with Crippen LogP contribution in [0.15, 0.2) is 18.2 Å². The molecule has 3 nitrogen and oxygen atoms in total. The average molecular weight is 301 g/mol. The largest absolute Gasteiger partial charge is 0.369 e. The summed E-state index contributed by atoms with van der Waals surface area (Å²) in [5, 5.41) is 0. The summed E-state index contributed by atoms with van der Waals surface area (Å²) in [5.41, 5.74) is 10.7. The molecule has 22 heavy (non-hydrogen) atoms. The first-order valence-electron chi connectivity index (χ1n) is 9.11. The van der Waals surface area contributed by atoms with Gasteiger partial charge in [-0.25, -0.2) is 0 Å². The average Bonchev–Trinajstić information content (AvgIpc) is 2.55. The molecule has 0 amide bonds. The summed E-state index contributed by atoms with van der Waals surface area (Å²) in [7, 11) is 0. The fourth-order valence-corrected chi connectivity index (χ4v) is 3.89. The number of rotatable bonds is 5. The van der Waals surface area contributed by atoms with Crippen LogP contribution in [-0.4, -0.2) is 43.7 Å². The van der Waals surface area contributed by atoms with Crippen molar-refractivity contribution in [3.63, 3.8) is 0 Å². The van der Waals surface area contributed by atoms with Gasteiger partial charge in [-0.05, 0) is 49.4 Å². The SMILES string of the molecule is CCCCCN1CCN(c2cccc3c2C[C@H](N)CC3)CC1. The zero-order valence-electron chi connectivity index (χ0n) is 14.1. The Bertz CT molecular complexity index is 478. The second kappa shape index (κ2) is 7.47. The first-order chi connectivity index (χ1) is 10.8. The van der Waals surface area contributed by atoms with Crippen molar-refractivity contribution in [2.45, 2.75) is 51.5 Å². The van der Waals surface area contributed by atoms with Crippen molar-refractivity contribution >= 4 is 5.69 Å². The van der Waals surface area contributed by atoms with E-state index in [0.29, 0.717) is 6.04 Å². The molecule has 1 aliphatic carbocycles. The van der Waals surface area contributed by atoms with Crippen molar-refractivity contribution in [3.8, 4) is 0 Å². The van der Waals surface area contributed by atoms with Gasteiger partial charge in [-0.15, -0.1) is 0 Å². The van der Waals surface area contributed by atoms with Gasteiger partial charge >= 0.3 is 0 Å². The number of fused-ring (bicyclic) bond motifs is 1. The summed E-state index contributed by atoms with van der Waals surface area (Å²) < 4.78 is 0. The van der Waals surface area contributed by atoms with E-state index in [2.05, 4.69) is 34.9 Å². The van der Waals surface area contributed by atoms with Gasteiger partial charge < -0.3 is 10.6 Å². The van der Waals surface area contributed by atoms with E-state index >= 15 is 0 Å². The van der Waals surface area contributed by atoms with Crippen LogP contribution in [0.4, 0.5) is 5.69 Å². The molecule has 122 valence electrons. The molecule has 0 radical (unpaired) electrons. The van der Waals surface area contributed by atoms with Crippen LogP contribution in [0.2, 0.25) is 0 Å². The highest BCUT2D eigenvalue weighted by atomic mass is 15.3.